The van der Waals surface area contributed by atoms with E-state index in [1.807, 2.05) is 0 Å². The zero-order valence-electron chi connectivity index (χ0n) is 13.7. The number of hydrogen-bond acceptors (Lipinski definition) is 5. The Morgan fingerprint density at radius 3 is 2.70 bits per heavy atom. The summed E-state index contributed by atoms with van der Waals surface area (Å²) in [7, 11) is -3.74. The van der Waals surface area contributed by atoms with Crippen LogP contribution in [-0.4, -0.2) is 51.2 Å². The van der Waals surface area contributed by atoms with Crippen LogP contribution in [0.3, 0.4) is 0 Å². The largest absolute Gasteiger partial charge is 0.381 e. The Kier molecular flexibility index (Phi) is 5.58. The van der Waals surface area contributed by atoms with Crippen molar-refractivity contribution < 1.29 is 13.2 Å². The molecule has 3 N–H and O–H groups in total. The van der Waals surface area contributed by atoms with Crippen LogP contribution in [-0.2, 0) is 14.8 Å². The van der Waals surface area contributed by atoms with Gasteiger partial charge in [0.15, 0.2) is 0 Å². The lowest BCUT2D eigenvalue weighted by atomic mass is 10.0. The van der Waals surface area contributed by atoms with Crippen LogP contribution in [0, 0.1) is 0 Å². The van der Waals surface area contributed by atoms with Crippen molar-refractivity contribution >= 4 is 27.3 Å². The third kappa shape index (κ3) is 5.06. The summed E-state index contributed by atoms with van der Waals surface area (Å²) in [6.07, 6.45) is 0.0527. The minimum absolute atomic E-state index is 0.000809. The molecule has 0 aliphatic carbocycles. The quantitative estimate of drug-likeness (QED) is 0.855. The lowest BCUT2D eigenvalue weighted by molar-refractivity contribution is -0.0517. The number of morpholine rings is 1. The standard InChI is InChI=1S/C15H24ClN3O3S/c1-15(2,3)19-6-7-22-11(10-19)9-18-14-5-4-12(8-13(14)16)23(17,20)21/h4-5,8,11,18H,6-7,9-10H2,1-3H3,(H2,17,20,21). The van der Waals surface area contributed by atoms with Crippen LogP contribution in [0.15, 0.2) is 23.1 Å². The highest BCUT2D eigenvalue weighted by atomic mass is 35.5. The molecule has 0 bridgehead atoms. The fourth-order valence-electron chi connectivity index (χ4n) is 2.49. The van der Waals surface area contributed by atoms with Crippen LogP contribution in [0.1, 0.15) is 20.8 Å². The molecule has 0 saturated carbocycles. The zero-order chi connectivity index (χ0) is 17.3. The third-order valence-electron chi connectivity index (χ3n) is 3.88. The summed E-state index contributed by atoms with van der Waals surface area (Å²) in [5.74, 6) is 0. The second kappa shape index (κ2) is 6.94. The van der Waals surface area contributed by atoms with Crippen LogP contribution in [0.4, 0.5) is 5.69 Å². The van der Waals surface area contributed by atoms with E-state index >= 15 is 0 Å². The lowest BCUT2D eigenvalue weighted by Gasteiger charge is -2.41. The normalized spacial score (nSPS) is 20.5. The van der Waals surface area contributed by atoms with Gasteiger partial charge in [0.25, 0.3) is 0 Å². The average Bonchev–Trinajstić information content (AvgIpc) is 2.44. The number of anilines is 1. The number of halogens is 1. The van der Waals surface area contributed by atoms with Crippen molar-refractivity contribution in [3.05, 3.63) is 23.2 Å². The van der Waals surface area contributed by atoms with Gasteiger partial charge in [-0.1, -0.05) is 11.6 Å². The molecule has 8 heteroatoms. The molecular weight excluding hydrogens is 338 g/mol. The highest BCUT2D eigenvalue weighted by Crippen LogP contribution is 2.25. The topological polar surface area (TPSA) is 84.7 Å². The van der Waals surface area contributed by atoms with Crippen molar-refractivity contribution in [3.63, 3.8) is 0 Å². The van der Waals surface area contributed by atoms with E-state index in [9.17, 15) is 8.42 Å². The van der Waals surface area contributed by atoms with E-state index in [-0.39, 0.29) is 16.5 Å². The van der Waals surface area contributed by atoms with Crippen molar-refractivity contribution in [2.75, 3.05) is 31.6 Å². The summed E-state index contributed by atoms with van der Waals surface area (Å²) in [6.45, 7) is 9.61. The van der Waals surface area contributed by atoms with Crippen LogP contribution in [0.2, 0.25) is 5.02 Å². The first kappa shape index (κ1) is 18.5. The second-order valence-electron chi connectivity index (χ2n) is 6.68. The zero-order valence-corrected chi connectivity index (χ0v) is 15.2. The Labute approximate surface area is 143 Å². The number of nitrogens with zero attached hydrogens (tertiary/aromatic N) is 1. The maximum Gasteiger partial charge on any atom is 0.238 e. The molecule has 1 aromatic rings. The number of benzene rings is 1. The van der Waals surface area contributed by atoms with Crippen molar-refractivity contribution in [2.24, 2.45) is 5.14 Å². The summed E-state index contributed by atoms with van der Waals surface area (Å²) in [6, 6.07) is 4.40. The Balaban J connectivity index is 1.98. The van der Waals surface area contributed by atoms with Crippen LogP contribution in [0.25, 0.3) is 0 Å². The van der Waals surface area contributed by atoms with Crippen LogP contribution >= 0.6 is 11.6 Å². The first-order valence-electron chi connectivity index (χ1n) is 7.50. The van der Waals surface area contributed by atoms with Gasteiger partial charge >= 0.3 is 0 Å². The molecule has 1 aliphatic heterocycles. The van der Waals surface area contributed by atoms with Gasteiger partial charge in [0.05, 0.1) is 28.3 Å². The van der Waals surface area contributed by atoms with Crippen molar-refractivity contribution in [1.29, 1.82) is 0 Å². The highest BCUT2D eigenvalue weighted by molar-refractivity contribution is 7.89. The van der Waals surface area contributed by atoms with Gasteiger partial charge in [-0.05, 0) is 39.0 Å². The monoisotopic (exact) mass is 361 g/mol. The summed E-state index contributed by atoms with van der Waals surface area (Å²) >= 11 is 6.12. The van der Waals surface area contributed by atoms with E-state index in [0.29, 0.717) is 23.9 Å². The SMILES string of the molecule is CC(C)(C)N1CCOC(CNc2ccc(S(N)(=O)=O)cc2Cl)C1. The van der Waals surface area contributed by atoms with Gasteiger partial charge in [0.1, 0.15) is 0 Å². The van der Waals surface area contributed by atoms with Gasteiger partial charge < -0.3 is 10.1 Å². The molecule has 0 amide bonds. The Hall–Kier alpha value is -0.860. The molecule has 130 valence electrons. The minimum atomic E-state index is -3.74. The van der Waals surface area contributed by atoms with E-state index in [2.05, 4.69) is 31.0 Å². The van der Waals surface area contributed by atoms with Gasteiger partial charge in [-0.15, -0.1) is 0 Å². The summed E-state index contributed by atoms with van der Waals surface area (Å²) in [5.41, 5.74) is 0.770. The molecule has 1 heterocycles. The second-order valence-corrected chi connectivity index (χ2v) is 8.65. The van der Waals surface area contributed by atoms with E-state index in [1.165, 1.54) is 12.1 Å². The van der Waals surface area contributed by atoms with Crippen LogP contribution < -0.4 is 10.5 Å². The molecule has 1 saturated heterocycles. The average molecular weight is 362 g/mol. The number of nitrogens with one attached hydrogen (secondary N) is 1. The fraction of sp³-hybridized carbons (Fsp3) is 0.600. The molecule has 1 aromatic carbocycles. The summed E-state index contributed by atoms with van der Waals surface area (Å²) < 4.78 is 28.4. The van der Waals surface area contributed by atoms with Crippen molar-refractivity contribution in [3.8, 4) is 0 Å². The van der Waals surface area contributed by atoms with Gasteiger partial charge in [0, 0.05) is 25.2 Å². The molecule has 0 aromatic heterocycles. The first-order chi connectivity index (χ1) is 10.6. The van der Waals surface area contributed by atoms with Crippen LogP contribution in [0.5, 0.6) is 0 Å². The van der Waals surface area contributed by atoms with Gasteiger partial charge in [0.2, 0.25) is 10.0 Å². The molecule has 0 radical (unpaired) electrons. The van der Waals surface area contributed by atoms with Gasteiger partial charge in [-0.25, -0.2) is 13.6 Å². The van der Waals surface area contributed by atoms with E-state index < -0.39 is 10.0 Å². The molecule has 6 nitrogen and oxygen atoms in total. The smallest absolute Gasteiger partial charge is 0.238 e. The highest BCUT2D eigenvalue weighted by Gasteiger charge is 2.28. The maximum atomic E-state index is 11.3. The fourth-order valence-corrected chi connectivity index (χ4v) is 3.34. The molecule has 1 atom stereocenters. The summed E-state index contributed by atoms with van der Waals surface area (Å²) in [5, 5.41) is 8.62. The molecule has 1 aliphatic rings. The Bertz CT molecular complexity index is 658. The predicted octanol–water partition coefficient (Wildman–Crippen LogP) is 1.90. The summed E-state index contributed by atoms with van der Waals surface area (Å²) in [4.78, 5) is 2.38. The first-order valence-corrected chi connectivity index (χ1v) is 9.42. The van der Waals surface area contributed by atoms with Crippen molar-refractivity contribution in [2.45, 2.75) is 37.3 Å². The Morgan fingerprint density at radius 1 is 1.43 bits per heavy atom. The molecular formula is C15H24ClN3O3S. The van der Waals surface area contributed by atoms with E-state index in [4.69, 9.17) is 21.5 Å². The number of sulfonamides is 1. The number of ether oxygens (including phenoxy) is 1. The number of nitrogens with two attached hydrogens (primary N) is 1. The molecule has 2 rings (SSSR count). The maximum absolute atomic E-state index is 11.3. The third-order valence-corrected chi connectivity index (χ3v) is 5.10. The predicted molar refractivity (Wildman–Crippen MR) is 92.4 cm³/mol. The van der Waals surface area contributed by atoms with E-state index in [1.54, 1.807) is 6.07 Å². The van der Waals surface area contributed by atoms with Crippen molar-refractivity contribution in [1.82, 2.24) is 4.90 Å². The molecule has 23 heavy (non-hydrogen) atoms. The lowest BCUT2D eigenvalue weighted by Crippen LogP contribution is -2.52. The number of rotatable bonds is 4. The van der Waals surface area contributed by atoms with Gasteiger partial charge in [-0.3, -0.25) is 4.90 Å². The molecule has 0 spiro atoms. The van der Waals surface area contributed by atoms with Gasteiger partial charge in [-0.2, -0.15) is 0 Å². The number of primary sulfonamides is 1. The molecule has 1 fully saturated rings. The van der Waals surface area contributed by atoms with E-state index in [0.717, 1.165) is 13.1 Å². The number of hydrogen-bond donors (Lipinski definition) is 2. The molecule has 1 unspecified atom stereocenters. The minimum Gasteiger partial charge on any atom is -0.381 e. The Morgan fingerprint density at radius 2 is 2.13 bits per heavy atom.